The van der Waals surface area contributed by atoms with Crippen molar-refractivity contribution in [1.82, 2.24) is 9.97 Å². The van der Waals surface area contributed by atoms with Crippen molar-refractivity contribution in [1.29, 1.82) is 0 Å². The molecule has 0 fully saturated rings. The molecular weight excluding hydrogens is 240 g/mol. The summed E-state index contributed by atoms with van der Waals surface area (Å²) in [5, 5.41) is 0.468. The van der Waals surface area contributed by atoms with E-state index in [4.69, 9.17) is 0 Å². The predicted octanol–water partition coefficient (Wildman–Crippen LogP) is 3.22. The van der Waals surface area contributed by atoms with E-state index in [2.05, 4.69) is 16.5 Å². The van der Waals surface area contributed by atoms with Crippen molar-refractivity contribution in [2.45, 2.75) is 34.6 Å². The Morgan fingerprint density at radius 3 is 2.16 bits per heavy atom. The fourth-order valence-corrected chi connectivity index (χ4v) is 1.63. The molecule has 2 N–H and O–H groups in total. The van der Waals surface area contributed by atoms with Crippen LogP contribution in [0.25, 0.3) is 17.0 Å². The summed E-state index contributed by atoms with van der Waals surface area (Å²) in [7, 11) is 0. The Balaban J connectivity index is 0.000000741. The molecule has 0 spiro atoms. The standard InChI is InChI=1S/C11H10N2O2.2C2H6/c1-3-7-6(2)4-5-8-9(7)12-11(15)13-10(8)14;2*1-2/h3-5H,1H2,2H3,(H2,12,13,14,15);2*1-2H3. The van der Waals surface area contributed by atoms with Gasteiger partial charge in [0, 0.05) is 5.56 Å². The van der Waals surface area contributed by atoms with Gasteiger partial charge in [-0.2, -0.15) is 0 Å². The first-order valence-corrected chi connectivity index (χ1v) is 6.52. The molecule has 0 unspecified atom stereocenters. The first-order valence-electron chi connectivity index (χ1n) is 6.52. The van der Waals surface area contributed by atoms with Crippen LogP contribution >= 0.6 is 0 Å². The van der Waals surface area contributed by atoms with Crippen molar-refractivity contribution < 1.29 is 0 Å². The first kappa shape index (κ1) is 16.9. The zero-order valence-electron chi connectivity index (χ0n) is 12.3. The summed E-state index contributed by atoms with van der Waals surface area (Å²) >= 11 is 0. The number of nitrogens with one attached hydrogen (secondary N) is 2. The SMILES string of the molecule is C=Cc1c(C)ccc2c(=O)[nH]c(=O)[nH]c12.CC.CC. The Labute approximate surface area is 113 Å². The van der Waals surface area contributed by atoms with Gasteiger partial charge in [-0.15, -0.1) is 0 Å². The highest BCUT2D eigenvalue weighted by atomic mass is 16.2. The van der Waals surface area contributed by atoms with Crippen molar-refractivity contribution in [2.24, 2.45) is 0 Å². The minimum Gasteiger partial charge on any atom is -0.306 e. The fraction of sp³-hybridized carbons (Fsp3) is 0.333. The van der Waals surface area contributed by atoms with Crippen molar-refractivity contribution >= 4 is 17.0 Å². The van der Waals surface area contributed by atoms with Gasteiger partial charge in [0.15, 0.2) is 0 Å². The molecule has 0 amide bonds. The lowest BCUT2D eigenvalue weighted by Crippen LogP contribution is -2.22. The normalized spacial score (nSPS) is 8.89. The van der Waals surface area contributed by atoms with Crippen LogP contribution in [0.3, 0.4) is 0 Å². The molecule has 0 bridgehead atoms. The third kappa shape index (κ3) is 3.68. The van der Waals surface area contributed by atoms with Crippen LogP contribution in [0.5, 0.6) is 0 Å². The molecule has 0 radical (unpaired) electrons. The molecule has 0 aliphatic heterocycles. The summed E-state index contributed by atoms with van der Waals surface area (Å²) in [5.41, 5.74) is 1.42. The zero-order chi connectivity index (χ0) is 15.0. The third-order valence-electron chi connectivity index (χ3n) is 2.38. The second-order valence-electron chi connectivity index (χ2n) is 3.33. The molecular formula is C15H22N2O2. The van der Waals surface area contributed by atoms with Crippen molar-refractivity contribution in [3.63, 3.8) is 0 Å². The Morgan fingerprint density at radius 1 is 1.05 bits per heavy atom. The average molecular weight is 262 g/mol. The monoisotopic (exact) mass is 262 g/mol. The summed E-state index contributed by atoms with van der Waals surface area (Å²) in [6, 6.07) is 3.51. The molecule has 19 heavy (non-hydrogen) atoms. The molecule has 2 rings (SSSR count). The Bertz CT molecular complexity index is 651. The maximum absolute atomic E-state index is 11.5. The smallest absolute Gasteiger partial charge is 0.306 e. The maximum Gasteiger partial charge on any atom is 0.326 e. The number of hydrogen-bond donors (Lipinski definition) is 2. The molecule has 4 nitrogen and oxygen atoms in total. The van der Waals surface area contributed by atoms with E-state index in [9.17, 15) is 9.59 Å². The minimum atomic E-state index is -0.499. The lowest BCUT2D eigenvalue weighted by Gasteiger charge is -2.04. The summed E-state index contributed by atoms with van der Waals surface area (Å²) in [5.74, 6) is 0. The largest absolute Gasteiger partial charge is 0.326 e. The van der Waals surface area contributed by atoms with E-state index < -0.39 is 5.69 Å². The zero-order valence-corrected chi connectivity index (χ0v) is 12.3. The van der Waals surface area contributed by atoms with Crippen LogP contribution in [0.2, 0.25) is 0 Å². The van der Waals surface area contributed by atoms with Crippen LogP contribution in [0, 0.1) is 6.92 Å². The second kappa shape index (κ2) is 8.08. The number of aromatic amines is 2. The van der Waals surface area contributed by atoms with Gasteiger partial charge in [0.25, 0.3) is 5.56 Å². The van der Waals surface area contributed by atoms with Gasteiger partial charge in [-0.05, 0) is 18.6 Å². The Hall–Kier alpha value is -2.10. The quantitative estimate of drug-likeness (QED) is 0.828. The van der Waals surface area contributed by atoms with E-state index in [1.807, 2.05) is 40.7 Å². The minimum absolute atomic E-state index is 0.378. The van der Waals surface area contributed by atoms with E-state index in [1.54, 1.807) is 12.1 Å². The topological polar surface area (TPSA) is 65.7 Å². The van der Waals surface area contributed by atoms with Crippen molar-refractivity contribution in [3.05, 3.63) is 50.7 Å². The molecule has 0 aliphatic rings. The number of hydrogen-bond acceptors (Lipinski definition) is 2. The van der Waals surface area contributed by atoms with Gasteiger partial charge in [0.2, 0.25) is 0 Å². The van der Waals surface area contributed by atoms with Crippen LogP contribution in [0.1, 0.15) is 38.8 Å². The summed E-state index contributed by atoms with van der Waals surface area (Å²) < 4.78 is 0. The molecule has 0 saturated carbocycles. The molecule has 104 valence electrons. The second-order valence-corrected chi connectivity index (χ2v) is 3.33. The number of benzene rings is 1. The number of aromatic nitrogens is 2. The van der Waals surface area contributed by atoms with E-state index in [0.29, 0.717) is 10.9 Å². The van der Waals surface area contributed by atoms with Gasteiger partial charge < -0.3 is 4.98 Å². The summed E-state index contributed by atoms with van der Waals surface area (Å²) in [6.07, 6.45) is 1.63. The lowest BCUT2D eigenvalue weighted by atomic mass is 10.1. The van der Waals surface area contributed by atoms with Gasteiger partial charge in [0.1, 0.15) is 0 Å². The highest BCUT2D eigenvalue weighted by Gasteiger charge is 2.05. The first-order chi connectivity index (χ1) is 9.13. The molecule has 4 heteroatoms. The van der Waals surface area contributed by atoms with Crippen molar-refractivity contribution in [3.8, 4) is 0 Å². The van der Waals surface area contributed by atoms with Gasteiger partial charge >= 0.3 is 5.69 Å². The molecule has 1 aromatic carbocycles. The predicted molar refractivity (Wildman–Crippen MR) is 82.7 cm³/mol. The fourth-order valence-electron chi connectivity index (χ4n) is 1.63. The van der Waals surface area contributed by atoms with Crippen LogP contribution in [0.15, 0.2) is 28.3 Å². The van der Waals surface area contributed by atoms with Crippen molar-refractivity contribution in [2.75, 3.05) is 0 Å². The maximum atomic E-state index is 11.5. The molecule has 1 aromatic heterocycles. The van der Waals surface area contributed by atoms with E-state index >= 15 is 0 Å². The number of aryl methyl sites for hydroxylation is 1. The summed E-state index contributed by atoms with van der Waals surface area (Å²) in [4.78, 5) is 27.4. The summed E-state index contributed by atoms with van der Waals surface area (Å²) in [6.45, 7) is 13.6. The van der Waals surface area contributed by atoms with Crippen LogP contribution in [-0.2, 0) is 0 Å². The molecule has 0 saturated heterocycles. The van der Waals surface area contributed by atoms with E-state index in [1.165, 1.54) is 0 Å². The number of fused-ring (bicyclic) bond motifs is 1. The highest BCUT2D eigenvalue weighted by Crippen LogP contribution is 2.17. The van der Waals surface area contributed by atoms with E-state index in [0.717, 1.165) is 11.1 Å². The Morgan fingerprint density at radius 2 is 1.63 bits per heavy atom. The van der Waals surface area contributed by atoms with Gasteiger partial charge in [-0.25, -0.2) is 4.79 Å². The van der Waals surface area contributed by atoms with Gasteiger partial charge in [-0.3, -0.25) is 9.78 Å². The molecule has 2 aromatic rings. The highest BCUT2D eigenvalue weighted by molar-refractivity contribution is 5.87. The lowest BCUT2D eigenvalue weighted by molar-refractivity contribution is 1.08. The third-order valence-corrected chi connectivity index (χ3v) is 2.38. The average Bonchev–Trinajstić information content (AvgIpc) is 2.43. The van der Waals surface area contributed by atoms with Crippen LogP contribution in [-0.4, -0.2) is 9.97 Å². The van der Waals surface area contributed by atoms with Crippen LogP contribution in [0.4, 0.5) is 0 Å². The van der Waals surface area contributed by atoms with Gasteiger partial charge in [0.05, 0.1) is 10.9 Å². The van der Waals surface area contributed by atoms with Gasteiger partial charge in [-0.1, -0.05) is 46.4 Å². The molecule has 0 aliphatic carbocycles. The molecule has 0 atom stereocenters. The number of H-pyrrole nitrogens is 2. The Kier molecular flexibility index (Phi) is 7.19. The van der Waals surface area contributed by atoms with Crippen LogP contribution < -0.4 is 11.2 Å². The molecule has 1 heterocycles. The van der Waals surface area contributed by atoms with E-state index in [-0.39, 0.29) is 5.56 Å². The number of rotatable bonds is 1.